The van der Waals surface area contributed by atoms with Crippen LogP contribution in [-0.2, 0) is 28.8 Å². The van der Waals surface area contributed by atoms with Crippen molar-refractivity contribution in [2.24, 2.45) is 0 Å². The van der Waals surface area contributed by atoms with E-state index in [1.807, 2.05) is 5.32 Å². The average molecular weight is 365 g/mol. The normalized spacial score (nSPS) is 17.8. The Labute approximate surface area is 152 Å². The lowest BCUT2D eigenvalue weighted by Gasteiger charge is -2.17. The molecule has 0 spiro atoms. The number of nitrogens with zero attached hydrogens (tertiary/aromatic N) is 2. The van der Waals surface area contributed by atoms with E-state index < -0.39 is 23.6 Å². The largest absolute Gasteiger partial charge is 0.289 e. The van der Waals surface area contributed by atoms with E-state index in [-0.39, 0.29) is 11.8 Å². The van der Waals surface area contributed by atoms with Gasteiger partial charge in [0.25, 0.3) is 35.4 Å². The summed E-state index contributed by atoms with van der Waals surface area (Å²) in [6.45, 7) is 0. The van der Waals surface area contributed by atoms with Crippen molar-refractivity contribution in [2.75, 3.05) is 9.80 Å². The number of hydrogen-bond acceptors (Lipinski definition) is 6. The van der Waals surface area contributed by atoms with E-state index in [4.69, 9.17) is 0 Å². The molecule has 0 saturated carbocycles. The van der Waals surface area contributed by atoms with Crippen molar-refractivity contribution in [3.63, 3.8) is 0 Å². The molecule has 0 aromatic heterocycles. The molecule has 0 aliphatic carbocycles. The summed E-state index contributed by atoms with van der Waals surface area (Å²) in [6, 6.07) is 6.04. The van der Waals surface area contributed by atoms with E-state index in [9.17, 15) is 28.8 Å². The predicted molar refractivity (Wildman–Crippen MR) is 92.0 cm³/mol. The third kappa shape index (κ3) is 3.61. The molecular weight excluding hydrogens is 354 g/mol. The molecule has 1 aromatic carbocycles. The minimum atomic E-state index is -0.419. The molecule has 4 rings (SSSR count). The predicted octanol–water partition coefficient (Wildman–Crippen LogP) is -0.256. The molecule has 0 bridgehead atoms. The standard InChI is InChI=1S/C14H8N2O4.C4H3NO2/c17-11-5-6-12(18)15(11)9-1-2-10(4-3-9)16-13(19)7-8-14(16)20;6-3-1-2-4(7)5-3/h1-8H;1-2H,(H,5,6,7). The van der Waals surface area contributed by atoms with Gasteiger partial charge < -0.3 is 0 Å². The van der Waals surface area contributed by atoms with Crippen LogP contribution in [-0.4, -0.2) is 35.4 Å². The summed E-state index contributed by atoms with van der Waals surface area (Å²) in [5.74, 6) is -2.33. The summed E-state index contributed by atoms with van der Waals surface area (Å²) < 4.78 is 0. The lowest BCUT2D eigenvalue weighted by molar-refractivity contribution is -0.124. The Morgan fingerprint density at radius 1 is 0.481 bits per heavy atom. The zero-order valence-corrected chi connectivity index (χ0v) is 13.6. The van der Waals surface area contributed by atoms with Gasteiger partial charge in [0.05, 0.1) is 11.4 Å². The molecule has 1 aromatic rings. The maximum atomic E-state index is 11.5. The number of nitrogens with one attached hydrogen (secondary N) is 1. The minimum Gasteiger partial charge on any atom is -0.289 e. The lowest BCUT2D eigenvalue weighted by Crippen LogP contribution is -2.31. The molecule has 9 heteroatoms. The Balaban J connectivity index is 0.000000253. The first-order valence-electron chi connectivity index (χ1n) is 7.62. The minimum absolute atomic E-state index is 0.329. The van der Waals surface area contributed by atoms with Gasteiger partial charge >= 0.3 is 0 Å². The van der Waals surface area contributed by atoms with Crippen molar-refractivity contribution >= 4 is 46.8 Å². The number of amides is 6. The summed E-state index contributed by atoms with van der Waals surface area (Å²) in [5.41, 5.74) is 0.779. The maximum Gasteiger partial charge on any atom is 0.258 e. The zero-order valence-electron chi connectivity index (χ0n) is 13.6. The van der Waals surface area contributed by atoms with Gasteiger partial charge in [0.2, 0.25) is 0 Å². The van der Waals surface area contributed by atoms with Crippen molar-refractivity contribution in [2.45, 2.75) is 0 Å². The van der Waals surface area contributed by atoms with Gasteiger partial charge in [0.1, 0.15) is 0 Å². The molecule has 0 radical (unpaired) electrons. The van der Waals surface area contributed by atoms with Crippen LogP contribution in [0.1, 0.15) is 0 Å². The molecule has 6 amide bonds. The van der Waals surface area contributed by atoms with Crippen molar-refractivity contribution in [1.82, 2.24) is 5.32 Å². The molecule has 3 aliphatic rings. The van der Waals surface area contributed by atoms with Crippen molar-refractivity contribution < 1.29 is 28.8 Å². The highest BCUT2D eigenvalue weighted by atomic mass is 16.2. The van der Waals surface area contributed by atoms with E-state index in [0.29, 0.717) is 11.4 Å². The molecule has 0 unspecified atom stereocenters. The topological polar surface area (TPSA) is 121 Å². The van der Waals surface area contributed by atoms with E-state index in [1.54, 1.807) is 0 Å². The van der Waals surface area contributed by atoms with Crippen LogP contribution in [0.3, 0.4) is 0 Å². The Bertz CT molecular complexity index is 858. The number of carbonyl (C=O) groups excluding carboxylic acids is 6. The molecule has 27 heavy (non-hydrogen) atoms. The van der Waals surface area contributed by atoms with E-state index >= 15 is 0 Å². The molecule has 0 atom stereocenters. The van der Waals surface area contributed by atoms with Gasteiger partial charge in [-0.3, -0.25) is 34.1 Å². The first-order valence-corrected chi connectivity index (χ1v) is 7.62. The summed E-state index contributed by atoms with van der Waals surface area (Å²) in [5, 5.41) is 2.03. The fraction of sp³-hybridized carbons (Fsp3) is 0. The van der Waals surface area contributed by atoms with Crippen LogP contribution >= 0.6 is 0 Å². The Morgan fingerprint density at radius 3 is 1.00 bits per heavy atom. The van der Waals surface area contributed by atoms with Gasteiger partial charge in [-0.05, 0) is 24.3 Å². The van der Waals surface area contributed by atoms with Crippen molar-refractivity contribution in [1.29, 1.82) is 0 Å². The molecule has 1 N–H and O–H groups in total. The van der Waals surface area contributed by atoms with Crippen LogP contribution in [0.2, 0.25) is 0 Å². The molecule has 9 nitrogen and oxygen atoms in total. The summed E-state index contributed by atoms with van der Waals surface area (Å²) in [4.78, 5) is 68.2. The summed E-state index contributed by atoms with van der Waals surface area (Å²) in [6.07, 6.45) is 7.15. The van der Waals surface area contributed by atoms with Crippen LogP contribution in [0.5, 0.6) is 0 Å². The quantitative estimate of drug-likeness (QED) is 0.721. The number of hydrogen-bond donors (Lipinski definition) is 1. The second kappa shape index (κ2) is 7.00. The number of imide groups is 3. The lowest BCUT2D eigenvalue weighted by atomic mass is 10.2. The fourth-order valence-corrected chi connectivity index (χ4v) is 2.42. The third-order valence-electron chi connectivity index (χ3n) is 3.62. The van der Waals surface area contributed by atoms with Crippen molar-refractivity contribution in [3.05, 3.63) is 60.7 Å². The number of rotatable bonds is 2. The highest BCUT2D eigenvalue weighted by molar-refractivity contribution is 6.29. The third-order valence-corrected chi connectivity index (χ3v) is 3.62. The highest BCUT2D eigenvalue weighted by Gasteiger charge is 2.27. The molecular formula is C18H11N3O6. The molecule has 134 valence electrons. The van der Waals surface area contributed by atoms with Crippen LogP contribution in [0.15, 0.2) is 60.7 Å². The molecule has 3 aliphatic heterocycles. The van der Waals surface area contributed by atoms with Gasteiger partial charge in [-0.1, -0.05) is 0 Å². The zero-order chi connectivity index (χ0) is 19.6. The smallest absolute Gasteiger partial charge is 0.258 e. The molecule has 3 heterocycles. The van der Waals surface area contributed by atoms with Gasteiger partial charge in [-0.15, -0.1) is 0 Å². The van der Waals surface area contributed by atoms with E-state index in [1.165, 1.54) is 60.7 Å². The monoisotopic (exact) mass is 365 g/mol. The molecule has 0 saturated heterocycles. The summed E-state index contributed by atoms with van der Waals surface area (Å²) >= 11 is 0. The summed E-state index contributed by atoms with van der Waals surface area (Å²) in [7, 11) is 0. The average Bonchev–Trinajstić information content (AvgIpc) is 3.28. The van der Waals surface area contributed by atoms with Gasteiger partial charge in [-0.25, -0.2) is 9.80 Å². The second-order valence-electron chi connectivity index (χ2n) is 5.39. The molecule has 0 fully saturated rings. The number of benzene rings is 1. The van der Waals surface area contributed by atoms with E-state index in [2.05, 4.69) is 0 Å². The Kier molecular flexibility index (Phi) is 4.58. The Hall–Kier alpha value is -4.14. The van der Waals surface area contributed by atoms with Crippen LogP contribution in [0.25, 0.3) is 0 Å². The second-order valence-corrected chi connectivity index (χ2v) is 5.39. The van der Waals surface area contributed by atoms with Crippen LogP contribution < -0.4 is 15.1 Å². The highest BCUT2D eigenvalue weighted by Crippen LogP contribution is 2.25. The maximum absolute atomic E-state index is 11.5. The van der Waals surface area contributed by atoms with Crippen molar-refractivity contribution in [3.8, 4) is 0 Å². The van der Waals surface area contributed by atoms with Gasteiger partial charge in [0.15, 0.2) is 0 Å². The van der Waals surface area contributed by atoms with Crippen LogP contribution in [0.4, 0.5) is 11.4 Å². The number of anilines is 2. The van der Waals surface area contributed by atoms with Gasteiger partial charge in [0, 0.05) is 36.5 Å². The number of carbonyl (C=O) groups is 6. The first-order chi connectivity index (χ1) is 12.9. The Morgan fingerprint density at radius 2 is 0.778 bits per heavy atom. The SMILES string of the molecule is O=C1C=CC(=O)N1.O=C1C=CC(=O)N1c1ccc(N2C(=O)C=CC2=O)cc1. The first kappa shape index (κ1) is 17.7. The van der Waals surface area contributed by atoms with E-state index in [0.717, 1.165) is 9.80 Å². The van der Waals surface area contributed by atoms with Gasteiger partial charge in [-0.2, -0.15) is 0 Å². The fourth-order valence-electron chi connectivity index (χ4n) is 2.42. The van der Waals surface area contributed by atoms with Crippen LogP contribution in [0, 0.1) is 0 Å².